The smallest absolute Gasteiger partial charge is 0.137 e. The second-order valence-corrected chi connectivity index (χ2v) is 6.64. The van der Waals surface area contributed by atoms with Gasteiger partial charge in [0.05, 0.1) is 5.69 Å². The van der Waals surface area contributed by atoms with E-state index in [0.29, 0.717) is 22.5 Å². The summed E-state index contributed by atoms with van der Waals surface area (Å²) >= 11 is 9.38. The zero-order valence-electron chi connectivity index (χ0n) is 11.3. The number of hydrogen-bond donors (Lipinski definition) is 1. The van der Waals surface area contributed by atoms with E-state index in [1.807, 2.05) is 20.8 Å². The molecule has 0 spiro atoms. The van der Waals surface area contributed by atoms with Gasteiger partial charge in [0, 0.05) is 16.0 Å². The quantitative estimate of drug-likeness (QED) is 0.761. The van der Waals surface area contributed by atoms with Gasteiger partial charge in [-0.25, -0.2) is 14.4 Å². The minimum absolute atomic E-state index is 0.222. The molecule has 20 heavy (non-hydrogen) atoms. The molecule has 0 aliphatic carbocycles. The third-order valence-corrected chi connectivity index (χ3v) is 3.44. The molecule has 0 atom stereocenters. The van der Waals surface area contributed by atoms with Crippen LogP contribution in [0.5, 0.6) is 0 Å². The molecule has 1 heterocycles. The fourth-order valence-corrected chi connectivity index (χ4v) is 2.08. The first-order chi connectivity index (χ1) is 9.25. The van der Waals surface area contributed by atoms with Crippen molar-refractivity contribution in [2.24, 2.45) is 0 Å². The van der Waals surface area contributed by atoms with Gasteiger partial charge < -0.3 is 5.32 Å². The van der Waals surface area contributed by atoms with Gasteiger partial charge >= 0.3 is 0 Å². The van der Waals surface area contributed by atoms with Crippen molar-refractivity contribution in [1.29, 1.82) is 0 Å². The Morgan fingerprint density at radius 1 is 1.20 bits per heavy atom. The van der Waals surface area contributed by atoms with Gasteiger partial charge in [0.2, 0.25) is 0 Å². The lowest BCUT2D eigenvalue weighted by molar-refractivity contribution is 0.546. The van der Waals surface area contributed by atoms with Crippen LogP contribution in [0.15, 0.2) is 28.7 Å². The summed E-state index contributed by atoms with van der Waals surface area (Å²) < 4.78 is 14.0. The third-order valence-electron chi connectivity index (χ3n) is 2.56. The average Bonchev–Trinajstić information content (AvgIpc) is 2.32. The molecule has 0 bridgehead atoms. The predicted octanol–water partition coefficient (Wildman–Crippen LogP) is 5.07. The van der Waals surface area contributed by atoms with Crippen LogP contribution in [0.3, 0.4) is 0 Å². The van der Waals surface area contributed by atoms with Gasteiger partial charge in [-0.15, -0.1) is 0 Å². The lowest BCUT2D eigenvalue weighted by Crippen LogP contribution is -2.16. The van der Waals surface area contributed by atoms with E-state index in [1.165, 1.54) is 12.1 Å². The summed E-state index contributed by atoms with van der Waals surface area (Å²) in [6, 6.07) is 6.00. The SMILES string of the molecule is CC(C)(C)c1nc(Cl)cc(Nc2cc(F)ccc2Br)n1. The standard InChI is InChI=1S/C14H14BrClFN3/c1-14(2,3)13-19-11(16)7-12(20-13)18-10-6-8(17)4-5-9(10)15/h4-7H,1-3H3,(H,18,19,20). The molecule has 1 aromatic heterocycles. The Hall–Kier alpha value is -1.20. The van der Waals surface area contributed by atoms with Crippen LogP contribution < -0.4 is 5.32 Å². The lowest BCUT2D eigenvalue weighted by atomic mass is 9.96. The molecule has 6 heteroatoms. The largest absolute Gasteiger partial charge is 0.339 e. The first kappa shape index (κ1) is 15.2. The Morgan fingerprint density at radius 3 is 2.55 bits per heavy atom. The van der Waals surface area contributed by atoms with E-state index in [-0.39, 0.29) is 11.2 Å². The highest BCUT2D eigenvalue weighted by Crippen LogP contribution is 2.28. The topological polar surface area (TPSA) is 37.8 Å². The summed E-state index contributed by atoms with van der Waals surface area (Å²) in [5.74, 6) is 0.827. The maximum absolute atomic E-state index is 13.3. The van der Waals surface area contributed by atoms with Crippen molar-refractivity contribution in [2.75, 3.05) is 5.32 Å². The van der Waals surface area contributed by atoms with Gasteiger partial charge in [-0.05, 0) is 34.1 Å². The maximum atomic E-state index is 13.3. The van der Waals surface area contributed by atoms with Gasteiger partial charge in [0.25, 0.3) is 0 Å². The van der Waals surface area contributed by atoms with Crippen molar-refractivity contribution >= 4 is 39.0 Å². The maximum Gasteiger partial charge on any atom is 0.137 e. The van der Waals surface area contributed by atoms with Crippen LogP contribution in [0, 0.1) is 5.82 Å². The van der Waals surface area contributed by atoms with E-state index >= 15 is 0 Å². The van der Waals surface area contributed by atoms with E-state index < -0.39 is 0 Å². The van der Waals surface area contributed by atoms with Crippen LogP contribution in [-0.4, -0.2) is 9.97 Å². The number of nitrogens with one attached hydrogen (secondary N) is 1. The summed E-state index contributed by atoms with van der Waals surface area (Å²) in [5.41, 5.74) is 0.361. The Labute approximate surface area is 130 Å². The Kier molecular flexibility index (Phi) is 4.30. The number of benzene rings is 1. The fourth-order valence-electron chi connectivity index (χ4n) is 1.55. The molecule has 1 N–H and O–H groups in total. The molecule has 0 amide bonds. The molecule has 0 aliphatic rings. The van der Waals surface area contributed by atoms with Crippen LogP contribution in [-0.2, 0) is 5.41 Å². The van der Waals surface area contributed by atoms with E-state index in [1.54, 1.807) is 12.1 Å². The molecule has 0 unspecified atom stereocenters. The first-order valence-electron chi connectivity index (χ1n) is 6.03. The summed E-state index contributed by atoms with van der Waals surface area (Å²) in [6.07, 6.45) is 0. The second-order valence-electron chi connectivity index (χ2n) is 5.40. The molecule has 0 saturated heterocycles. The normalized spacial score (nSPS) is 11.5. The fraction of sp³-hybridized carbons (Fsp3) is 0.286. The minimum atomic E-state index is -0.327. The van der Waals surface area contributed by atoms with Crippen molar-refractivity contribution < 1.29 is 4.39 Å². The Bertz CT molecular complexity index is 641. The van der Waals surface area contributed by atoms with Crippen LogP contribution in [0.1, 0.15) is 26.6 Å². The monoisotopic (exact) mass is 357 g/mol. The molecule has 1 aromatic carbocycles. The van der Waals surface area contributed by atoms with Crippen molar-refractivity contribution in [1.82, 2.24) is 9.97 Å². The highest BCUT2D eigenvalue weighted by atomic mass is 79.9. The Balaban J connectivity index is 2.39. The van der Waals surface area contributed by atoms with E-state index in [9.17, 15) is 4.39 Å². The second kappa shape index (κ2) is 5.66. The molecule has 0 aliphatic heterocycles. The van der Waals surface area contributed by atoms with Gasteiger partial charge in [-0.1, -0.05) is 32.4 Å². The number of hydrogen-bond acceptors (Lipinski definition) is 3. The van der Waals surface area contributed by atoms with Gasteiger partial charge in [-0.2, -0.15) is 0 Å². The molecule has 3 nitrogen and oxygen atoms in total. The average molecular weight is 359 g/mol. The zero-order chi connectivity index (χ0) is 14.9. The van der Waals surface area contributed by atoms with Crippen molar-refractivity contribution in [3.63, 3.8) is 0 Å². The van der Waals surface area contributed by atoms with Crippen molar-refractivity contribution in [2.45, 2.75) is 26.2 Å². The van der Waals surface area contributed by atoms with E-state index in [4.69, 9.17) is 11.6 Å². The number of nitrogens with zero attached hydrogens (tertiary/aromatic N) is 2. The summed E-state index contributed by atoms with van der Waals surface area (Å²) in [6.45, 7) is 6.00. The zero-order valence-corrected chi connectivity index (χ0v) is 13.7. The van der Waals surface area contributed by atoms with Crippen molar-refractivity contribution in [3.05, 3.63) is 45.5 Å². The number of rotatable bonds is 2. The van der Waals surface area contributed by atoms with Gasteiger partial charge in [-0.3, -0.25) is 0 Å². The summed E-state index contributed by atoms with van der Waals surface area (Å²) in [4.78, 5) is 8.64. The molecule has 0 fully saturated rings. The van der Waals surface area contributed by atoms with Crippen LogP contribution in [0.25, 0.3) is 0 Å². The van der Waals surface area contributed by atoms with Crippen molar-refractivity contribution in [3.8, 4) is 0 Å². The third kappa shape index (κ3) is 3.67. The molecular weight excluding hydrogens is 345 g/mol. The minimum Gasteiger partial charge on any atom is -0.339 e. The highest BCUT2D eigenvalue weighted by molar-refractivity contribution is 9.10. The Morgan fingerprint density at radius 2 is 1.90 bits per heavy atom. The van der Waals surface area contributed by atoms with E-state index in [2.05, 4.69) is 31.2 Å². The molecule has 2 rings (SSSR count). The van der Waals surface area contributed by atoms with Gasteiger partial charge in [0.15, 0.2) is 0 Å². The van der Waals surface area contributed by atoms with Crippen LogP contribution >= 0.6 is 27.5 Å². The number of halogens is 3. The van der Waals surface area contributed by atoms with Crippen LogP contribution in [0.2, 0.25) is 5.15 Å². The van der Waals surface area contributed by atoms with Crippen LogP contribution in [0.4, 0.5) is 15.9 Å². The number of anilines is 2. The summed E-state index contributed by atoms with van der Waals surface area (Å²) in [7, 11) is 0. The van der Waals surface area contributed by atoms with E-state index in [0.717, 1.165) is 4.47 Å². The molecular formula is C14H14BrClFN3. The molecule has 2 aromatic rings. The summed E-state index contributed by atoms with van der Waals surface area (Å²) in [5, 5.41) is 3.39. The molecule has 0 saturated carbocycles. The first-order valence-corrected chi connectivity index (χ1v) is 7.20. The number of aromatic nitrogens is 2. The molecule has 106 valence electrons. The highest BCUT2D eigenvalue weighted by Gasteiger charge is 2.19. The molecule has 0 radical (unpaired) electrons. The lowest BCUT2D eigenvalue weighted by Gasteiger charge is -2.18. The van der Waals surface area contributed by atoms with Gasteiger partial charge in [0.1, 0.15) is 22.6 Å². The predicted molar refractivity (Wildman–Crippen MR) is 83.1 cm³/mol.